The molecule has 164 valence electrons. The number of anilines is 1. The molecule has 8 nitrogen and oxygen atoms in total. The van der Waals surface area contributed by atoms with E-state index in [4.69, 9.17) is 0 Å². The number of carbonyl (C=O) groups excluding carboxylic acids is 1. The number of aryl methyl sites for hydroxylation is 1. The van der Waals surface area contributed by atoms with Gasteiger partial charge in [-0.3, -0.25) is 15.0 Å². The van der Waals surface area contributed by atoms with Gasteiger partial charge in [0, 0.05) is 25.4 Å². The summed E-state index contributed by atoms with van der Waals surface area (Å²) in [5, 5.41) is 9.85. The average Bonchev–Trinajstić information content (AvgIpc) is 3.23. The third-order valence-corrected chi connectivity index (χ3v) is 5.47. The van der Waals surface area contributed by atoms with Crippen LogP contribution in [-0.2, 0) is 12.5 Å². The van der Waals surface area contributed by atoms with Gasteiger partial charge in [0.05, 0.1) is 18.1 Å². The van der Waals surface area contributed by atoms with Crippen molar-refractivity contribution in [2.24, 2.45) is 7.05 Å². The van der Waals surface area contributed by atoms with Crippen LogP contribution in [0, 0.1) is 0 Å². The summed E-state index contributed by atoms with van der Waals surface area (Å²) in [5.74, 6) is 0.428. The van der Waals surface area contributed by atoms with Gasteiger partial charge in [0.2, 0.25) is 0 Å². The van der Waals surface area contributed by atoms with Gasteiger partial charge >= 0.3 is 6.03 Å². The van der Waals surface area contributed by atoms with E-state index in [0.717, 1.165) is 18.4 Å². The first kappa shape index (κ1) is 21.4. The molecule has 2 N–H and O–H groups in total. The van der Waals surface area contributed by atoms with Crippen molar-refractivity contribution in [2.45, 2.75) is 32.1 Å². The topological polar surface area (TPSA) is 97.6 Å². The Morgan fingerprint density at radius 1 is 1.06 bits per heavy atom. The lowest BCUT2D eigenvalue weighted by Gasteiger charge is -2.25. The second-order valence-electron chi connectivity index (χ2n) is 8.43. The van der Waals surface area contributed by atoms with Crippen LogP contribution in [0.3, 0.4) is 0 Å². The van der Waals surface area contributed by atoms with Crippen molar-refractivity contribution in [3.05, 3.63) is 66.6 Å². The van der Waals surface area contributed by atoms with E-state index < -0.39 is 0 Å². The molecule has 0 aliphatic carbocycles. The highest BCUT2D eigenvalue weighted by Gasteiger charge is 2.19. The van der Waals surface area contributed by atoms with Crippen LogP contribution in [0.2, 0.25) is 0 Å². The van der Waals surface area contributed by atoms with Crippen LogP contribution in [0.1, 0.15) is 32.3 Å². The summed E-state index contributed by atoms with van der Waals surface area (Å²) < 4.78 is 1.71. The first-order valence-electron chi connectivity index (χ1n) is 10.6. The van der Waals surface area contributed by atoms with Crippen molar-refractivity contribution < 1.29 is 4.79 Å². The van der Waals surface area contributed by atoms with Gasteiger partial charge in [-0.25, -0.2) is 14.8 Å². The lowest BCUT2D eigenvalue weighted by atomic mass is 9.80. The summed E-state index contributed by atoms with van der Waals surface area (Å²) >= 11 is 0. The van der Waals surface area contributed by atoms with Crippen LogP contribution in [0.25, 0.3) is 22.4 Å². The molecule has 0 aliphatic rings. The fourth-order valence-electron chi connectivity index (χ4n) is 3.59. The average molecular weight is 430 g/mol. The summed E-state index contributed by atoms with van der Waals surface area (Å²) in [6, 6.07) is 13.7. The van der Waals surface area contributed by atoms with E-state index in [1.807, 2.05) is 19.3 Å². The molecule has 1 aromatic carbocycles. The van der Waals surface area contributed by atoms with E-state index in [2.05, 4.69) is 68.8 Å². The number of nitrogens with one attached hydrogen (secondary N) is 2. The smallest absolute Gasteiger partial charge is 0.320 e. The third kappa shape index (κ3) is 5.08. The molecular weight excluding hydrogens is 402 g/mol. The third-order valence-electron chi connectivity index (χ3n) is 5.47. The molecular formula is C24H27N7O. The molecule has 0 spiro atoms. The van der Waals surface area contributed by atoms with Gasteiger partial charge in [-0.15, -0.1) is 0 Å². The quantitative estimate of drug-likeness (QED) is 0.427. The molecule has 3 aromatic heterocycles. The molecule has 0 aliphatic heterocycles. The molecule has 4 aromatic rings. The maximum atomic E-state index is 12.3. The Morgan fingerprint density at radius 3 is 2.62 bits per heavy atom. The second kappa shape index (κ2) is 9.13. The van der Waals surface area contributed by atoms with E-state index >= 15 is 0 Å². The first-order valence-corrected chi connectivity index (χ1v) is 10.6. The highest BCUT2D eigenvalue weighted by atomic mass is 16.2. The molecule has 8 heteroatoms. The van der Waals surface area contributed by atoms with Crippen LogP contribution in [0.4, 0.5) is 10.6 Å². The number of benzene rings is 1. The Morgan fingerprint density at radius 2 is 1.88 bits per heavy atom. The van der Waals surface area contributed by atoms with Crippen molar-refractivity contribution in [1.82, 2.24) is 30.0 Å². The zero-order valence-corrected chi connectivity index (χ0v) is 18.5. The maximum absolute atomic E-state index is 12.3. The number of hydrogen-bond acceptors (Lipinski definition) is 5. The second-order valence-corrected chi connectivity index (χ2v) is 8.43. The number of fused-ring (bicyclic) bond motifs is 1. The fraction of sp³-hybridized carbons (Fsp3) is 0.292. The van der Waals surface area contributed by atoms with Crippen molar-refractivity contribution in [1.29, 1.82) is 0 Å². The maximum Gasteiger partial charge on any atom is 0.320 e. The largest absolute Gasteiger partial charge is 0.338 e. The van der Waals surface area contributed by atoms with Crippen molar-refractivity contribution in [2.75, 3.05) is 11.9 Å². The zero-order chi connectivity index (χ0) is 22.6. The molecule has 0 fully saturated rings. The minimum atomic E-state index is -0.286. The molecule has 0 bridgehead atoms. The monoisotopic (exact) mass is 429 g/mol. The van der Waals surface area contributed by atoms with Crippen LogP contribution in [0.15, 0.2) is 61.1 Å². The SMILES string of the molecule is Cn1cc(-c2cnc3ccc(NC(=O)NCCCC(C)(C)c4ccccc4)nc3n2)cn1. The Bertz CT molecular complexity index is 1220. The van der Waals surface area contributed by atoms with Crippen LogP contribution < -0.4 is 10.6 Å². The van der Waals surface area contributed by atoms with E-state index in [1.165, 1.54) is 5.56 Å². The van der Waals surface area contributed by atoms with Gasteiger partial charge in [-0.1, -0.05) is 44.2 Å². The van der Waals surface area contributed by atoms with Gasteiger partial charge in [0.1, 0.15) is 11.3 Å². The zero-order valence-electron chi connectivity index (χ0n) is 18.5. The van der Waals surface area contributed by atoms with E-state index in [0.29, 0.717) is 29.2 Å². The van der Waals surface area contributed by atoms with Gasteiger partial charge < -0.3 is 5.32 Å². The number of hydrogen-bond donors (Lipinski definition) is 2. The summed E-state index contributed by atoms with van der Waals surface area (Å²) in [6.45, 7) is 5.03. The van der Waals surface area contributed by atoms with Crippen LogP contribution in [-0.4, -0.2) is 37.3 Å². The van der Waals surface area contributed by atoms with E-state index in [1.54, 1.807) is 29.2 Å². The molecule has 0 saturated heterocycles. The molecule has 3 heterocycles. The number of nitrogens with zero attached hydrogens (tertiary/aromatic N) is 5. The molecule has 32 heavy (non-hydrogen) atoms. The number of carbonyl (C=O) groups is 1. The number of amides is 2. The highest BCUT2D eigenvalue weighted by Crippen LogP contribution is 2.27. The van der Waals surface area contributed by atoms with Crippen molar-refractivity contribution >= 4 is 23.0 Å². The van der Waals surface area contributed by atoms with Crippen molar-refractivity contribution in [3.63, 3.8) is 0 Å². The minimum Gasteiger partial charge on any atom is -0.338 e. The summed E-state index contributed by atoms with van der Waals surface area (Å²) in [5.41, 5.74) is 4.03. The van der Waals surface area contributed by atoms with Crippen LogP contribution in [0.5, 0.6) is 0 Å². The fourth-order valence-corrected chi connectivity index (χ4v) is 3.59. The predicted octanol–water partition coefficient (Wildman–Crippen LogP) is 4.30. The molecule has 2 amide bonds. The Balaban J connectivity index is 1.33. The van der Waals surface area contributed by atoms with Crippen LogP contribution >= 0.6 is 0 Å². The molecule has 0 atom stereocenters. The number of rotatable bonds is 7. The lowest BCUT2D eigenvalue weighted by Crippen LogP contribution is -2.31. The first-order chi connectivity index (χ1) is 15.4. The molecule has 0 radical (unpaired) electrons. The highest BCUT2D eigenvalue weighted by molar-refractivity contribution is 5.89. The normalized spacial score (nSPS) is 11.5. The van der Waals surface area contributed by atoms with Gasteiger partial charge in [-0.2, -0.15) is 5.10 Å². The van der Waals surface area contributed by atoms with Gasteiger partial charge in [0.15, 0.2) is 5.65 Å². The van der Waals surface area contributed by atoms with E-state index in [9.17, 15) is 4.79 Å². The molecule has 0 saturated carbocycles. The number of urea groups is 1. The standard InChI is InChI=1S/C24H27N7O/c1-24(2,18-8-5-4-6-9-18)12-7-13-25-23(32)30-21-11-10-19-22(29-21)28-20(15-26-19)17-14-27-31(3)16-17/h4-6,8-11,14-16H,7,12-13H2,1-3H3,(H2,25,28,29,30,32). The Kier molecular flexibility index (Phi) is 6.11. The minimum absolute atomic E-state index is 0.0595. The summed E-state index contributed by atoms with van der Waals surface area (Å²) in [7, 11) is 1.85. The lowest BCUT2D eigenvalue weighted by molar-refractivity contribution is 0.251. The molecule has 0 unspecified atom stereocenters. The van der Waals surface area contributed by atoms with Gasteiger partial charge in [0.25, 0.3) is 0 Å². The summed E-state index contributed by atoms with van der Waals surface area (Å²) in [4.78, 5) is 25.7. The number of pyridine rings is 1. The predicted molar refractivity (Wildman–Crippen MR) is 125 cm³/mol. The molecule has 4 rings (SSSR count). The number of aromatic nitrogens is 5. The van der Waals surface area contributed by atoms with E-state index in [-0.39, 0.29) is 11.4 Å². The Hall–Kier alpha value is -3.81. The van der Waals surface area contributed by atoms with Gasteiger partial charge in [-0.05, 0) is 36.0 Å². The van der Waals surface area contributed by atoms with Crippen molar-refractivity contribution in [3.8, 4) is 11.3 Å². The Labute approximate surface area is 187 Å². The summed E-state index contributed by atoms with van der Waals surface area (Å²) in [6.07, 6.45) is 7.13.